The highest BCUT2D eigenvalue weighted by Gasteiger charge is 2.32. The maximum atomic E-state index is 13.1. The Hall–Kier alpha value is -2.62. The van der Waals surface area contributed by atoms with Crippen molar-refractivity contribution in [1.82, 2.24) is 9.80 Å². The van der Waals surface area contributed by atoms with Crippen molar-refractivity contribution < 1.29 is 4.79 Å². The smallest absolute Gasteiger partial charge is 0.253 e. The number of halogens is 1. The van der Waals surface area contributed by atoms with Crippen molar-refractivity contribution in [3.63, 3.8) is 0 Å². The molecule has 3 aromatic rings. The minimum absolute atomic E-state index is 0.132. The summed E-state index contributed by atoms with van der Waals surface area (Å²) in [7, 11) is 0. The first-order valence-electron chi connectivity index (χ1n) is 10.6. The van der Waals surface area contributed by atoms with E-state index >= 15 is 0 Å². The fraction of sp³-hybridized carbons (Fsp3) is 0.269. The van der Waals surface area contributed by atoms with Gasteiger partial charge in [-0.15, -0.1) is 0 Å². The second-order valence-corrected chi connectivity index (χ2v) is 8.71. The van der Waals surface area contributed by atoms with Crippen LogP contribution in [-0.4, -0.2) is 41.4 Å². The molecule has 1 saturated heterocycles. The van der Waals surface area contributed by atoms with Crippen molar-refractivity contribution in [1.29, 1.82) is 0 Å². The molecule has 1 amide bonds. The van der Waals surface area contributed by atoms with Crippen LogP contribution in [-0.2, 0) is 13.0 Å². The number of amides is 1. The van der Waals surface area contributed by atoms with Gasteiger partial charge < -0.3 is 4.90 Å². The van der Waals surface area contributed by atoms with Crippen LogP contribution in [0.25, 0.3) is 11.1 Å². The number of benzene rings is 3. The van der Waals surface area contributed by atoms with Crippen molar-refractivity contribution in [3.05, 3.63) is 94.5 Å². The number of carbonyl (C=O) groups excluding carboxylic acids is 1. The molecule has 2 aliphatic heterocycles. The third-order valence-electron chi connectivity index (χ3n) is 6.42. The number of nitrogens with zero attached hydrogens (tertiary/aromatic N) is 2. The first-order valence-corrected chi connectivity index (χ1v) is 11.0. The molecule has 2 heterocycles. The van der Waals surface area contributed by atoms with Crippen LogP contribution >= 0.6 is 11.6 Å². The molecule has 30 heavy (non-hydrogen) atoms. The summed E-state index contributed by atoms with van der Waals surface area (Å²) >= 11 is 6.10. The first-order chi connectivity index (χ1) is 14.7. The molecule has 0 N–H and O–H groups in total. The highest BCUT2D eigenvalue weighted by atomic mass is 35.5. The van der Waals surface area contributed by atoms with Crippen molar-refractivity contribution in [3.8, 4) is 11.1 Å². The molecular formula is C26H25ClN2O. The van der Waals surface area contributed by atoms with Gasteiger partial charge >= 0.3 is 0 Å². The number of carbonyl (C=O) groups is 1. The normalized spacial score (nSPS) is 19.0. The fourth-order valence-corrected chi connectivity index (χ4v) is 4.90. The largest absolute Gasteiger partial charge is 0.337 e. The van der Waals surface area contributed by atoms with Gasteiger partial charge in [-0.1, -0.05) is 60.1 Å². The molecular weight excluding hydrogens is 392 g/mol. The highest BCUT2D eigenvalue weighted by Crippen LogP contribution is 2.26. The van der Waals surface area contributed by atoms with Crippen LogP contribution in [0.4, 0.5) is 0 Å². The second kappa shape index (κ2) is 8.25. The minimum Gasteiger partial charge on any atom is -0.337 e. The average molecular weight is 417 g/mol. The van der Waals surface area contributed by atoms with Gasteiger partial charge in [-0.05, 0) is 59.4 Å². The van der Waals surface area contributed by atoms with Crippen LogP contribution in [0.5, 0.6) is 0 Å². The van der Waals surface area contributed by atoms with E-state index < -0.39 is 0 Å². The summed E-state index contributed by atoms with van der Waals surface area (Å²) in [6, 6.07) is 24.9. The van der Waals surface area contributed by atoms with E-state index in [9.17, 15) is 4.79 Å². The molecule has 2 aliphatic rings. The maximum Gasteiger partial charge on any atom is 0.253 e. The molecule has 4 heteroatoms. The zero-order valence-electron chi connectivity index (χ0n) is 16.9. The first kappa shape index (κ1) is 19.3. The molecule has 1 atom stereocenters. The van der Waals surface area contributed by atoms with Gasteiger partial charge in [0.2, 0.25) is 0 Å². The lowest BCUT2D eigenvalue weighted by Gasteiger charge is -2.33. The second-order valence-electron chi connectivity index (χ2n) is 8.27. The molecule has 1 fully saturated rings. The van der Waals surface area contributed by atoms with Crippen molar-refractivity contribution in [2.24, 2.45) is 0 Å². The Kier molecular flexibility index (Phi) is 5.32. The van der Waals surface area contributed by atoms with E-state index in [-0.39, 0.29) is 5.91 Å². The number of hydrogen-bond donors (Lipinski definition) is 0. The molecule has 3 nitrogen and oxygen atoms in total. The summed E-state index contributed by atoms with van der Waals surface area (Å²) in [6.07, 6.45) is 2.15. The van der Waals surface area contributed by atoms with Crippen molar-refractivity contribution in [2.75, 3.05) is 19.6 Å². The predicted octanol–water partition coefficient (Wildman–Crippen LogP) is 5.28. The molecule has 1 unspecified atom stereocenters. The average Bonchev–Trinajstić information content (AvgIpc) is 3.29. The molecule has 0 radical (unpaired) electrons. The van der Waals surface area contributed by atoms with Crippen LogP contribution in [0, 0.1) is 0 Å². The van der Waals surface area contributed by atoms with E-state index in [1.807, 2.05) is 53.4 Å². The van der Waals surface area contributed by atoms with Crippen LogP contribution in [0.3, 0.4) is 0 Å². The SMILES string of the molecule is O=C(c1ccc(-c2cccc(Cl)c2)cc1)N1CCC(N2CCc3ccccc3C2)C1. The molecule has 0 aromatic heterocycles. The summed E-state index contributed by atoms with van der Waals surface area (Å²) in [5.41, 5.74) is 5.79. The zero-order valence-corrected chi connectivity index (χ0v) is 17.7. The highest BCUT2D eigenvalue weighted by molar-refractivity contribution is 6.30. The Morgan fingerprint density at radius 3 is 2.47 bits per heavy atom. The van der Waals surface area contributed by atoms with Gasteiger partial charge in [0.25, 0.3) is 5.91 Å². The van der Waals surface area contributed by atoms with E-state index in [0.29, 0.717) is 6.04 Å². The van der Waals surface area contributed by atoms with Gasteiger partial charge in [0.15, 0.2) is 0 Å². The Morgan fingerprint density at radius 1 is 0.867 bits per heavy atom. The van der Waals surface area contributed by atoms with Crippen LogP contribution in [0.15, 0.2) is 72.8 Å². The molecule has 0 aliphatic carbocycles. The Labute approximate surface area is 182 Å². The molecule has 5 rings (SSSR count). The standard InChI is InChI=1S/C26H25ClN2O/c27-24-7-3-6-22(16-24)20-8-10-21(11-9-20)26(30)29-15-13-25(18-29)28-14-12-19-4-1-2-5-23(19)17-28/h1-11,16,25H,12-15,17-18H2. The third-order valence-corrected chi connectivity index (χ3v) is 6.65. The molecule has 0 saturated carbocycles. The van der Waals surface area contributed by atoms with Crippen LogP contribution in [0.2, 0.25) is 5.02 Å². The molecule has 0 spiro atoms. The zero-order chi connectivity index (χ0) is 20.5. The Bertz CT molecular complexity index is 1060. The molecule has 0 bridgehead atoms. The quantitative estimate of drug-likeness (QED) is 0.580. The van der Waals surface area contributed by atoms with E-state index in [1.54, 1.807) is 0 Å². The van der Waals surface area contributed by atoms with Crippen molar-refractivity contribution >= 4 is 17.5 Å². The Balaban J connectivity index is 1.24. The lowest BCUT2D eigenvalue weighted by molar-refractivity contribution is 0.0773. The van der Waals surface area contributed by atoms with Gasteiger partial charge in [-0.3, -0.25) is 9.69 Å². The summed E-state index contributed by atoms with van der Waals surface area (Å²) < 4.78 is 0. The predicted molar refractivity (Wildman–Crippen MR) is 122 cm³/mol. The number of likely N-dealkylation sites (tertiary alicyclic amines) is 1. The van der Waals surface area contributed by atoms with E-state index in [1.165, 1.54) is 11.1 Å². The summed E-state index contributed by atoms with van der Waals surface area (Å²) in [4.78, 5) is 17.6. The van der Waals surface area contributed by atoms with E-state index in [0.717, 1.165) is 60.7 Å². The summed E-state index contributed by atoms with van der Waals surface area (Å²) in [6.45, 7) is 3.73. The minimum atomic E-state index is 0.132. The van der Waals surface area contributed by atoms with Gasteiger partial charge in [0.1, 0.15) is 0 Å². The number of fused-ring (bicyclic) bond motifs is 1. The number of rotatable bonds is 3. The van der Waals surface area contributed by atoms with E-state index in [2.05, 4.69) is 29.2 Å². The van der Waals surface area contributed by atoms with Gasteiger partial charge in [0.05, 0.1) is 0 Å². The summed E-state index contributed by atoms with van der Waals surface area (Å²) in [5.74, 6) is 0.132. The van der Waals surface area contributed by atoms with E-state index in [4.69, 9.17) is 11.6 Å². The third kappa shape index (κ3) is 3.88. The maximum absolute atomic E-state index is 13.1. The van der Waals surface area contributed by atoms with Gasteiger partial charge in [-0.25, -0.2) is 0 Å². The van der Waals surface area contributed by atoms with Crippen LogP contribution < -0.4 is 0 Å². The molecule has 3 aromatic carbocycles. The lowest BCUT2D eigenvalue weighted by atomic mass is 9.98. The van der Waals surface area contributed by atoms with Crippen molar-refractivity contribution in [2.45, 2.75) is 25.4 Å². The Morgan fingerprint density at radius 2 is 1.67 bits per heavy atom. The van der Waals surface area contributed by atoms with Gasteiger partial charge in [-0.2, -0.15) is 0 Å². The lowest BCUT2D eigenvalue weighted by Crippen LogP contribution is -2.41. The summed E-state index contributed by atoms with van der Waals surface area (Å²) in [5, 5.41) is 0.719. The number of hydrogen-bond acceptors (Lipinski definition) is 2. The topological polar surface area (TPSA) is 23.6 Å². The van der Waals surface area contributed by atoms with Gasteiger partial charge in [0, 0.05) is 42.8 Å². The van der Waals surface area contributed by atoms with Crippen LogP contribution in [0.1, 0.15) is 27.9 Å². The fourth-order valence-electron chi connectivity index (χ4n) is 4.71. The monoisotopic (exact) mass is 416 g/mol. The molecule has 152 valence electrons.